The Morgan fingerprint density at radius 3 is 2.78 bits per heavy atom. The van der Waals surface area contributed by atoms with Crippen LogP contribution in [0.25, 0.3) is 0 Å². The second kappa shape index (κ2) is 5.57. The maximum atomic E-state index is 5.37. The molecule has 3 nitrogen and oxygen atoms in total. The maximum absolute atomic E-state index is 5.37. The van der Waals surface area contributed by atoms with Gasteiger partial charge in [-0.15, -0.1) is 0 Å². The number of H-pyrrole nitrogens is 1. The first-order valence-corrected chi connectivity index (χ1v) is 6.82. The molecule has 0 saturated carbocycles. The summed E-state index contributed by atoms with van der Waals surface area (Å²) in [6.07, 6.45) is 5.72. The Labute approximate surface area is 113 Å². The standard InChI is InChI=1S/C14H20N2OS/c1-10(2)13-9-15-14(18)16(13)11(3)6-7-12-5-4-8-17-12/h4-5,8-11H,6-7H2,1-3H3,(H,15,18). The Morgan fingerprint density at radius 1 is 1.39 bits per heavy atom. The molecule has 0 aliphatic rings. The van der Waals surface area contributed by atoms with Crippen LogP contribution in [0.3, 0.4) is 0 Å². The predicted molar refractivity (Wildman–Crippen MR) is 75.4 cm³/mol. The van der Waals surface area contributed by atoms with Gasteiger partial charge in [0.05, 0.1) is 6.26 Å². The van der Waals surface area contributed by atoms with Crippen LogP contribution in [0.4, 0.5) is 0 Å². The summed E-state index contributed by atoms with van der Waals surface area (Å²) < 4.78 is 8.40. The first-order chi connectivity index (χ1) is 8.59. The molecule has 1 N–H and O–H groups in total. The third kappa shape index (κ3) is 2.75. The van der Waals surface area contributed by atoms with E-state index in [0.29, 0.717) is 12.0 Å². The second-order valence-corrected chi connectivity index (χ2v) is 5.40. The topological polar surface area (TPSA) is 33.9 Å². The van der Waals surface area contributed by atoms with E-state index in [4.69, 9.17) is 16.6 Å². The molecule has 0 radical (unpaired) electrons. The summed E-state index contributed by atoms with van der Waals surface area (Å²) in [7, 11) is 0. The lowest BCUT2D eigenvalue weighted by Gasteiger charge is -2.18. The fourth-order valence-electron chi connectivity index (χ4n) is 2.23. The second-order valence-electron chi connectivity index (χ2n) is 5.01. The lowest BCUT2D eigenvalue weighted by atomic mass is 10.1. The van der Waals surface area contributed by atoms with Crippen molar-refractivity contribution >= 4 is 12.2 Å². The molecule has 0 spiro atoms. The lowest BCUT2D eigenvalue weighted by Crippen LogP contribution is -2.11. The van der Waals surface area contributed by atoms with Crippen LogP contribution in [0.15, 0.2) is 29.0 Å². The number of aromatic amines is 1. The van der Waals surface area contributed by atoms with E-state index in [9.17, 15) is 0 Å². The van der Waals surface area contributed by atoms with Gasteiger partial charge in [0.2, 0.25) is 0 Å². The summed E-state index contributed by atoms with van der Waals surface area (Å²) >= 11 is 5.37. The number of hydrogen-bond acceptors (Lipinski definition) is 2. The highest BCUT2D eigenvalue weighted by Crippen LogP contribution is 2.22. The van der Waals surface area contributed by atoms with E-state index in [-0.39, 0.29) is 0 Å². The molecule has 2 heterocycles. The highest BCUT2D eigenvalue weighted by Gasteiger charge is 2.14. The Balaban J connectivity index is 2.11. The number of furan rings is 1. The van der Waals surface area contributed by atoms with Gasteiger partial charge in [-0.25, -0.2) is 0 Å². The summed E-state index contributed by atoms with van der Waals surface area (Å²) in [6.45, 7) is 6.58. The number of nitrogens with zero attached hydrogens (tertiary/aromatic N) is 1. The van der Waals surface area contributed by atoms with Crippen LogP contribution in [0.5, 0.6) is 0 Å². The average Bonchev–Trinajstić information content (AvgIpc) is 2.94. The third-order valence-electron chi connectivity index (χ3n) is 3.26. The van der Waals surface area contributed by atoms with Crippen molar-refractivity contribution in [2.75, 3.05) is 0 Å². The zero-order valence-corrected chi connectivity index (χ0v) is 12.0. The van der Waals surface area contributed by atoms with Crippen molar-refractivity contribution in [2.24, 2.45) is 0 Å². The quantitative estimate of drug-likeness (QED) is 0.809. The normalized spacial score (nSPS) is 13.1. The number of aryl methyl sites for hydroxylation is 1. The molecule has 0 bridgehead atoms. The van der Waals surface area contributed by atoms with Crippen LogP contribution < -0.4 is 0 Å². The van der Waals surface area contributed by atoms with Gasteiger partial charge in [0, 0.05) is 24.4 Å². The zero-order chi connectivity index (χ0) is 13.1. The average molecular weight is 264 g/mol. The van der Waals surface area contributed by atoms with Crippen molar-refractivity contribution in [1.29, 1.82) is 0 Å². The van der Waals surface area contributed by atoms with Gasteiger partial charge in [-0.05, 0) is 43.6 Å². The van der Waals surface area contributed by atoms with E-state index in [0.717, 1.165) is 23.4 Å². The van der Waals surface area contributed by atoms with Gasteiger partial charge in [-0.1, -0.05) is 13.8 Å². The molecule has 0 aliphatic heterocycles. The summed E-state index contributed by atoms with van der Waals surface area (Å²) in [5.74, 6) is 1.51. The van der Waals surface area contributed by atoms with Crippen molar-refractivity contribution < 1.29 is 4.42 Å². The smallest absolute Gasteiger partial charge is 0.177 e. The molecule has 4 heteroatoms. The van der Waals surface area contributed by atoms with Crippen molar-refractivity contribution in [1.82, 2.24) is 9.55 Å². The molecule has 0 aromatic carbocycles. The van der Waals surface area contributed by atoms with Gasteiger partial charge >= 0.3 is 0 Å². The van der Waals surface area contributed by atoms with Crippen molar-refractivity contribution in [3.05, 3.63) is 40.8 Å². The fourth-order valence-corrected chi connectivity index (χ4v) is 2.57. The first kappa shape index (κ1) is 13.1. The van der Waals surface area contributed by atoms with E-state index in [1.807, 2.05) is 18.3 Å². The Morgan fingerprint density at radius 2 is 2.17 bits per heavy atom. The number of aromatic nitrogens is 2. The lowest BCUT2D eigenvalue weighted by molar-refractivity contribution is 0.439. The minimum absolute atomic E-state index is 0.381. The maximum Gasteiger partial charge on any atom is 0.177 e. The van der Waals surface area contributed by atoms with Crippen molar-refractivity contribution in [2.45, 2.75) is 45.6 Å². The minimum atomic E-state index is 0.381. The molecule has 98 valence electrons. The Bertz CT molecular complexity index is 536. The molecule has 2 aromatic heterocycles. The molecular weight excluding hydrogens is 244 g/mol. The van der Waals surface area contributed by atoms with Gasteiger partial charge < -0.3 is 14.0 Å². The summed E-state index contributed by atoms with van der Waals surface area (Å²) in [5.41, 5.74) is 1.27. The van der Waals surface area contributed by atoms with E-state index in [2.05, 4.69) is 30.3 Å². The minimum Gasteiger partial charge on any atom is -0.469 e. The highest BCUT2D eigenvalue weighted by atomic mass is 32.1. The van der Waals surface area contributed by atoms with Crippen LogP contribution >= 0.6 is 12.2 Å². The fraction of sp³-hybridized carbons (Fsp3) is 0.500. The van der Waals surface area contributed by atoms with E-state index in [1.54, 1.807) is 6.26 Å². The van der Waals surface area contributed by atoms with Crippen LogP contribution in [0, 0.1) is 4.77 Å². The number of imidazole rings is 1. The predicted octanol–water partition coefficient (Wildman–Crippen LogP) is 4.46. The SMILES string of the molecule is CC(C)c1c[nH]c(=S)n1C(C)CCc1ccco1. The van der Waals surface area contributed by atoms with Gasteiger partial charge in [-0.2, -0.15) is 0 Å². The van der Waals surface area contributed by atoms with Crippen LogP contribution in [0.2, 0.25) is 0 Å². The van der Waals surface area contributed by atoms with Gasteiger partial charge in [-0.3, -0.25) is 0 Å². The molecule has 1 unspecified atom stereocenters. The van der Waals surface area contributed by atoms with Crippen molar-refractivity contribution in [3.63, 3.8) is 0 Å². The van der Waals surface area contributed by atoms with Gasteiger partial charge in [0.25, 0.3) is 0 Å². The molecule has 0 aliphatic carbocycles. The number of nitrogens with one attached hydrogen (secondary N) is 1. The van der Waals surface area contributed by atoms with Crippen LogP contribution in [-0.2, 0) is 6.42 Å². The van der Waals surface area contributed by atoms with E-state index in [1.165, 1.54) is 5.69 Å². The zero-order valence-electron chi connectivity index (χ0n) is 11.1. The highest BCUT2D eigenvalue weighted by molar-refractivity contribution is 7.71. The van der Waals surface area contributed by atoms with Gasteiger partial charge in [0.15, 0.2) is 4.77 Å². The molecule has 1 atom stereocenters. The molecule has 18 heavy (non-hydrogen) atoms. The van der Waals surface area contributed by atoms with Crippen molar-refractivity contribution in [3.8, 4) is 0 Å². The summed E-state index contributed by atoms with van der Waals surface area (Å²) in [4.78, 5) is 3.15. The Kier molecular flexibility index (Phi) is 4.07. The van der Waals surface area contributed by atoms with Crippen LogP contribution in [-0.4, -0.2) is 9.55 Å². The summed E-state index contributed by atoms with van der Waals surface area (Å²) in [5, 5.41) is 0. The molecule has 0 amide bonds. The van der Waals surface area contributed by atoms with Gasteiger partial charge in [0.1, 0.15) is 5.76 Å². The van der Waals surface area contributed by atoms with E-state index < -0.39 is 0 Å². The first-order valence-electron chi connectivity index (χ1n) is 6.41. The molecule has 2 aromatic rings. The molecular formula is C14H20N2OS. The number of rotatable bonds is 5. The number of hydrogen-bond donors (Lipinski definition) is 1. The molecule has 0 fully saturated rings. The summed E-state index contributed by atoms with van der Waals surface area (Å²) in [6, 6.07) is 4.33. The van der Waals surface area contributed by atoms with E-state index >= 15 is 0 Å². The largest absolute Gasteiger partial charge is 0.469 e. The third-order valence-corrected chi connectivity index (χ3v) is 3.58. The van der Waals surface area contributed by atoms with Crippen LogP contribution in [0.1, 0.15) is 50.6 Å². The Hall–Kier alpha value is -1.29. The molecule has 2 rings (SSSR count). The monoisotopic (exact) mass is 264 g/mol. The molecule has 0 saturated heterocycles.